The number of nitrogens with zero attached hydrogens (tertiary/aromatic N) is 4. The molecule has 10 rings (SSSR count). The van der Waals surface area contributed by atoms with Crippen LogP contribution in [0.15, 0.2) is 48.6 Å². The molecule has 8 nitrogen and oxygen atoms in total. The molecule has 10 heterocycles. The number of aromatic amines is 4. The van der Waals surface area contributed by atoms with E-state index in [2.05, 4.69) is 203 Å². The number of fused-ring (bicyclic) bond motifs is 16. The fourth-order valence-electron chi connectivity index (χ4n) is 15.2. The van der Waals surface area contributed by atoms with Gasteiger partial charge >= 0.3 is 0 Å². The first-order valence-corrected chi connectivity index (χ1v) is 33.8. The van der Waals surface area contributed by atoms with Crippen molar-refractivity contribution in [3.63, 3.8) is 0 Å². The molecule has 454 valence electrons. The van der Waals surface area contributed by atoms with Gasteiger partial charge in [-0.05, 0) is 264 Å². The zero-order valence-electron chi connectivity index (χ0n) is 55.9. The van der Waals surface area contributed by atoms with E-state index in [1.807, 2.05) is 12.2 Å². The number of hydrogen-bond donors (Lipinski definition) is 4. The van der Waals surface area contributed by atoms with Gasteiger partial charge in [-0.3, -0.25) is 0 Å². The average molecular weight is 1170 g/mol. The molecule has 0 aromatic carbocycles. The van der Waals surface area contributed by atoms with Crippen LogP contribution in [0.2, 0.25) is 0 Å². The molecule has 6 aromatic heterocycles. The molecule has 8 heteroatoms. The normalized spacial score (nSPS) is 13.5. The number of hydrogen-bond acceptors (Lipinski definition) is 4. The van der Waals surface area contributed by atoms with Crippen LogP contribution in [0, 0.1) is 23.7 Å². The Hall–Kier alpha value is -8.20. The molecule has 0 saturated carbocycles. The third kappa shape index (κ3) is 11.2. The molecule has 0 spiro atoms. The molecule has 0 fully saturated rings. The zero-order chi connectivity index (χ0) is 62.5. The molecular weight excluding hydrogens is 1070 g/mol. The fraction of sp³-hybridized carbons (Fsp3) is 0.400. The lowest BCUT2D eigenvalue weighted by molar-refractivity contribution is 1.07. The third-order valence-electron chi connectivity index (χ3n) is 19.2. The lowest BCUT2D eigenvalue weighted by atomic mass is 9.93. The summed E-state index contributed by atoms with van der Waals surface area (Å²) in [7, 11) is 0. The van der Waals surface area contributed by atoms with Gasteiger partial charge in [0.15, 0.2) is 0 Å². The predicted molar refractivity (Wildman–Crippen MR) is 380 cm³/mol. The molecular formula is C80H94N8. The molecule has 0 saturated heterocycles. The summed E-state index contributed by atoms with van der Waals surface area (Å²) >= 11 is 0. The summed E-state index contributed by atoms with van der Waals surface area (Å²) in [6.45, 7) is 36.3. The molecule has 16 bridgehead atoms. The predicted octanol–water partition coefficient (Wildman–Crippen LogP) is 21.1. The quantitative estimate of drug-likeness (QED) is 0.0642. The second kappa shape index (κ2) is 27.5. The Morgan fingerprint density at radius 2 is 0.455 bits per heavy atom. The number of H-pyrrole nitrogens is 4. The summed E-state index contributed by atoms with van der Waals surface area (Å²) in [5.41, 5.74) is 40.3. The summed E-state index contributed by atoms with van der Waals surface area (Å²) in [4.78, 5) is 38.3. The summed E-state index contributed by atoms with van der Waals surface area (Å²) in [6, 6.07) is 14.0. The maximum absolute atomic E-state index is 5.65. The molecule has 6 aromatic rings. The standard InChI is InChI=1S/C80H94N8/c1-17-47-51(21-5)69-43-73-55(25-9)59(29-13)77(85-73)63(78-60(30-14)56(26-10)74(86-78)44-70-52(22-6)48(18-2)66(82-70)41-65(47)81-69)39-37-35-33-34-36-38-40-64-79-61(31-15)57(27-11)75(87-79)45-71-53(23-7)49(19-3)67(83-71)42-68-50(20-4)54(24-8)72(84-68)46-76-58(28-12)62(32-16)80(64)88-76/h37-46,81-84H,17-32H2,1-16H3/b39-37+,40-38+,65-41?,66-41?,67-42?,68-42?,69-43?,70-44?,71-45?,72-46?,73-43?,74-44?,75-45?,76-46?,77-63?,78-63?,79-64?,80-64?. The molecule has 0 atom stereocenters. The number of aromatic nitrogens is 8. The van der Waals surface area contributed by atoms with Gasteiger partial charge in [0, 0.05) is 55.3 Å². The largest absolute Gasteiger partial charge is 0.355 e. The topological polar surface area (TPSA) is 115 Å². The van der Waals surface area contributed by atoms with Gasteiger partial charge in [-0.1, -0.05) is 123 Å². The second-order valence-electron chi connectivity index (χ2n) is 23.4. The maximum atomic E-state index is 5.65. The van der Waals surface area contributed by atoms with E-state index in [9.17, 15) is 0 Å². The van der Waals surface area contributed by atoms with Gasteiger partial charge in [-0.25, -0.2) is 19.9 Å². The van der Waals surface area contributed by atoms with E-state index in [0.29, 0.717) is 0 Å². The summed E-state index contributed by atoms with van der Waals surface area (Å²) < 4.78 is 0. The molecule has 4 aliphatic heterocycles. The highest BCUT2D eigenvalue weighted by molar-refractivity contribution is 6.02. The van der Waals surface area contributed by atoms with Gasteiger partial charge in [-0.15, -0.1) is 0 Å². The van der Waals surface area contributed by atoms with E-state index >= 15 is 0 Å². The van der Waals surface area contributed by atoms with E-state index in [1.54, 1.807) is 0 Å². The Morgan fingerprint density at radius 1 is 0.261 bits per heavy atom. The van der Waals surface area contributed by atoms with Crippen LogP contribution in [0.4, 0.5) is 0 Å². The van der Waals surface area contributed by atoms with Crippen LogP contribution < -0.4 is 0 Å². The van der Waals surface area contributed by atoms with Crippen LogP contribution in [0.5, 0.6) is 0 Å². The average Bonchev–Trinajstić information content (AvgIpc) is 1.95. The van der Waals surface area contributed by atoms with Gasteiger partial charge in [0.05, 0.1) is 45.6 Å². The van der Waals surface area contributed by atoms with Crippen molar-refractivity contribution in [3.8, 4) is 23.7 Å². The molecule has 0 radical (unpaired) electrons. The third-order valence-corrected chi connectivity index (χ3v) is 19.2. The lowest BCUT2D eigenvalue weighted by Gasteiger charge is -2.09. The summed E-state index contributed by atoms with van der Waals surface area (Å²) in [5.74, 6) is 13.2. The van der Waals surface area contributed by atoms with Crippen molar-refractivity contribution in [2.24, 2.45) is 0 Å². The first-order chi connectivity index (χ1) is 42.9. The van der Waals surface area contributed by atoms with Gasteiger partial charge in [-0.2, -0.15) is 0 Å². The van der Waals surface area contributed by atoms with Gasteiger partial charge in [0.2, 0.25) is 0 Å². The van der Waals surface area contributed by atoms with Crippen LogP contribution in [-0.2, 0) is 51.4 Å². The van der Waals surface area contributed by atoms with E-state index in [1.165, 1.54) is 111 Å². The van der Waals surface area contributed by atoms with Crippen LogP contribution in [0.1, 0.15) is 263 Å². The highest BCUT2D eigenvalue weighted by Gasteiger charge is 2.29. The molecule has 0 unspecified atom stereocenters. The van der Waals surface area contributed by atoms with Gasteiger partial charge in [0.25, 0.3) is 0 Å². The first-order valence-electron chi connectivity index (χ1n) is 33.8. The summed E-state index contributed by atoms with van der Waals surface area (Å²) in [6.07, 6.45) is 22.5. The van der Waals surface area contributed by atoms with Crippen molar-refractivity contribution in [1.29, 1.82) is 0 Å². The van der Waals surface area contributed by atoms with Crippen molar-refractivity contribution in [2.75, 3.05) is 0 Å². The SMILES string of the molecule is CCC1=C(CC)c2nc1cc1[nH]c(cc3[nH]c(cc4nc(c2/C=C/C#CC#C/C=C/c2c5nc(cc6[nH]c(cc7[nH]c(cc8nc2C(CC)=C8CC)c(CC)c7CC)c(CC)c6CC)C(CC)=C5CC)C(CC)=C4CC)c(CC)c3CC)c(CC)c1CC. The van der Waals surface area contributed by atoms with E-state index < -0.39 is 0 Å². The van der Waals surface area contributed by atoms with Crippen molar-refractivity contribution < 1.29 is 0 Å². The smallest absolute Gasteiger partial charge is 0.0766 e. The van der Waals surface area contributed by atoms with Crippen LogP contribution >= 0.6 is 0 Å². The summed E-state index contributed by atoms with van der Waals surface area (Å²) in [5, 5.41) is 0. The fourth-order valence-corrected chi connectivity index (χ4v) is 15.2. The molecule has 88 heavy (non-hydrogen) atoms. The van der Waals surface area contributed by atoms with Crippen molar-refractivity contribution in [1.82, 2.24) is 39.9 Å². The molecule has 0 amide bonds. The minimum atomic E-state index is 0.841. The van der Waals surface area contributed by atoms with Crippen molar-refractivity contribution in [2.45, 2.75) is 214 Å². The minimum absolute atomic E-state index is 0.841. The van der Waals surface area contributed by atoms with Crippen molar-refractivity contribution in [3.05, 3.63) is 150 Å². The number of nitrogens with one attached hydrogen (secondary N) is 4. The number of aryl methyl sites for hydroxylation is 8. The van der Waals surface area contributed by atoms with Crippen molar-refractivity contribution >= 4 is 101 Å². The van der Waals surface area contributed by atoms with Gasteiger partial charge < -0.3 is 19.9 Å². The Morgan fingerprint density at radius 3 is 0.636 bits per heavy atom. The minimum Gasteiger partial charge on any atom is -0.355 e. The Labute approximate surface area is 524 Å². The van der Waals surface area contributed by atoms with Crippen LogP contribution in [0.25, 0.3) is 101 Å². The van der Waals surface area contributed by atoms with E-state index in [-0.39, 0.29) is 0 Å². The number of allylic oxidation sites excluding steroid dienone is 10. The monoisotopic (exact) mass is 1170 g/mol. The van der Waals surface area contributed by atoms with Gasteiger partial charge in [0.1, 0.15) is 0 Å². The lowest BCUT2D eigenvalue weighted by Crippen LogP contribution is -1.94. The highest BCUT2D eigenvalue weighted by atomic mass is 14.8. The first kappa shape index (κ1) is 62.8. The van der Waals surface area contributed by atoms with Crippen LogP contribution in [-0.4, -0.2) is 39.9 Å². The number of rotatable bonds is 18. The molecule has 4 N–H and O–H groups in total. The Kier molecular flexibility index (Phi) is 19.6. The van der Waals surface area contributed by atoms with E-state index in [0.717, 1.165) is 181 Å². The second-order valence-corrected chi connectivity index (χ2v) is 23.4. The molecule has 4 aliphatic rings. The zero-order valence-corrected chi connectivity index (χ0v) is 55.9. The molecule has 0 aliphatic carbocycles. The van der Waals surface area contributed by atoms with Crippen LogP contribution in [0.3, 0.4) is 0 Å². The highest BCUT2D eigenvalue weighted by Crippen LogP contribution is 2.45. The maximum Gasteiger partial charge on any atom is 0.0766 e. The van der Waals surface area contributed by atoms with E-state index in [4.69, 9.17) is 19.9 Å². The Balaban J connectivity index is 1.18. The Bertz CT molecular complexity index is 3920.